The highest BCUT2D eigenvalue weighted by molar-refractivity contribution is 6.22. The van der Waals surface area contributed by atoms with Gasteiger partial charge in [0, 0.05) is 30.0 Å². The van der Waals surface area contributed by atoms with Crippen molar-refractivity contribution < 1.29 is 49.1 Å². The monoisotopic (exact) mass is 634 g/mol. The highest BCUT2D eigenvalue weighted by Gasteiger charge is 2.60. The Morgan fingerprint density at radius 2 is 1.78 bits per heavy atom. The molecule has 4 atom stereocenters. The third-order valence-corrected chi connectivity index (χ3v) is 9.25. The van der Waals surface area contributed by atoms with Gasteiger partial charge in [0.25, 0.3) is 5.91 Å². The summed E-state index contributed by atoms with van der Waals surface area (Å²) >= 11 is 0. The van der Waals surface area contributed by atoms with E-state index >= 15 is 0 Å². The number of hydrogen-bond donors (Lipinski definition) is 6. The van der Waals surface area contributed by atoms with Crippen LogP contribution in [-0.2, 0) is 36.9 Å². The number of primary amides is 1. The number of aromatic hydroxyl groups is 1. The molecule has 244 valence electrons. The Kier molecular flexibility index (Phi) is 8.71. The molecule has 3 aliphatic rings. The topological polar surface area (TPSA) is 206 Å². The van der Waals surface area contributed by atoms with Crippen LogP contribution in [0.4, 0.5) is 0 Å². The maximum Gasteiger partial charge on any atom is 0.322 e. The molecule has 1 saturated carbocycles. The molecule has 1 fully saturated rings. The first-order chi connectivity index (χ1) is 21.7. The first-order valence-corrected chi connectivity index (χ1v) is 15.0. The van der Waals surface area contributed by atoms with Gasteiger partial charge in [-0.3, -0.25) is 19.2 Å². The lowest BCUT2D eigenvalue weighted by Crippen LogP contribution is -2.58. The number of hydrogen-bond acceptors (Lipinski definition) is 11. The lowest BCUT2D eigenvalue weighted by Gasteiger charge is -2.46. The second-order valence-corrected chi connectivity index (χ2v) is 12.5. The van der Waals surface area contributed by atoms with Gasteiger partial charge < -0.3 is 41.0 Å². The van der Waals surface area contributed by atoms with Crippen LogP contribution in [0.1, 0.15) is 49.8 Å². The molecular weight excluding hydrogens is 596 g/mol. The van der Waals surface area contributed by atoms with Crippen molar-refractivity contribution in [2.45, 2.75) is 57.7 Å². The van der Waals surface area contributed by atoms with Crippen molar-refractivity contribution in [3.8, 4) is 22.6 Å². The number of phenols is 1. The molecule has 12 heteroatoms. The molecule has 1 amide bonds. The molecule has 12 nitrogen and oxygen atoms in total. The summed E-state index contributed by atoms with van der Waals surface area (Å²) in [6, 6.07) is 8.03. The number of carbonyl (C=O) groups excluding carboxylic acids is 4. The van der Waals surface area contributed by atoms with Crippen LogP contribution >= 0.6 is 0 Å². The summed E-state index contributed by atoms with van der Waals surface area (Å²) in [7, 11) is 2.85. The maximum absolute atomic E-state index is 13.8. The van der Waals surface area contributed by atoms with Gasteiger partial charge in [0.15, 0.2) is 11.4 Å². The zero-order chi connectivity index (χ0) is 33.7. The van der Waals surface area contributed by atoms with Gasteiger partial charge in [0.05, 0.1) is 19.8 Å². The van der Waals surface area contributed by atoms with Crippen LogP contribution < -0.4 is 15.8 Å². The summed E-state index contributed by atoms with van der Waals surface area (Å²) in [6.45, 7) is 4.35. The van der Waals surface area contributed by atoms with Crippen molar-refractivity contribution in [3.05, 3.63) is 63.9 Å². The Bertz CT molecular complexity index is 1710. The van der Waals surface area contributed by atoms with Gasteiger partial charge in [0.1, 0.15) is 34.6 Å². The standard InChI is InChI=1S/C34H38N2O10/c1-15(2)9-22(33(43)46-4)36-14-16-5-8-25(45-3)20(10-16)19-6-7-23(37)27-21(19)12-17-11-18-13-24(38)28(32(35)42)31(41)34(18,44)30(40)26(17)29(27)39/h5-8,10,15,17-18,22,36-37,39,41,44H,9,11-14H2,1-4H3,(H2,35,42)/t17-,18+,22?,34+/m1/s1. The minimum Gasteiger partial charge on any atom is -0.508 e. The van der Waals surface area contributed by atoms with Gasteiger partial charge >= 0.3 is 5.97 Å². The van der Waals surface area contributed by atoms with Crippen LogP contribution in [0.5, 0.6) is 11.5 Å². The number of ether oxygens (including phenoxy) is 2. The zero-order valence-electron chi connectivity index (χ0n) is 26.0. The predicted molar refractivity (Wildman–Crippen MR) is 165 cm³/mol. The van der Waals surface area contributed by atoms with E-state index in [0.717, 1.165) is 5.56 Å². The van der Waals surface area contributed by atoms with E-state index in [4.69, 9.17) is 15.2 Å². The Labute approximate surface area is 265 Å². The number of benzene rings is 2. The first kappa shape index (κ1) is 32.7. The number of nitrogens with two attached hydrogens (primary N) is 1. The van der Waals surface area contributed by atoms with E-state index in [1.807, 2.05) is 26.0 Å². The van der Waals surface area contributed by atoms with E-state index in [-0.39, 0.29) is 41.6 Å². The molecule has 3 aliphatic carbocycles. The molecule has 0 radical (unpaired) electrons. The molecule has 1 unspecified atom stereocenters. The molecule has 0 aliphatic heterocycles. The molecule has 0 heterocycles. The highest BCUT2D eigenvalue weighted by atomic mass is 16.5. The predicted octanol–water partition coefficient (Wildman–Crippen LogP) is 2.78. The Morgan fingerprint density at radius 1 is 1.07 bits per heavy atom. The van der Waals surface area contributed by atoms with Gasteiger partial charge in [-0.1, -0.05) is 26.0 Å². The molecular formula is C34H38N2O10. The summed E-state index contributed by atoms with van der Waals surface area (Å²) in [5, 5.41) is 48.0. The number of methoxy groups -OCH3 is 2. The van der Waals surface area contributed by atoms with Crippen molar-refractivity contribution in [1.82, 2.24) is 5.32 Å². The van der Waals surface area contributed by atoms with Gasteiger partial charge in [-0.2, -0.15) is 0 Å². The summed E-state index contributed by atoms with van der Waals surface area (Å²) in [5.74, 6) is -6.49. The molecule has 46 heavy (non-hydrogen) atoms. The minimum atomic E-state index is -2.63. The van der Waals surface area contributed by atoms with Gasteiger partial charge in [-0.05, 0) is 66.0 Å². The Morgan fingerprint density at radius 3 is 2.41 bits per heavy atom. The normalized spacial score (nSPS) is 23.1. The van der Waals surface area contributed by atoms with Crippen LogP contribution in [-0.4, -0.2) is 69.7 Å². The lowest BCUT2D eigenvalue weighted by molar-refractivity contribution is -0.147. The third kappa shape index (κ3) is 5.31. The zero-order valence-corrected chi connectivity index (χ0v) is 26.0. The van der Waals surface area contributed by atoms with E-state index in [2.05, 4.69) is 5.32 Å². The van der Waals surface area contributed by atoms with Crippen molar-refractivity contribution in [3.63, 3.8) is 0 Å². The van der Waals surface area contributed by atoms with Crippen molar-refractivity contribution in [2.24, 2.45) is 23.5 Å². The average Bonchev–Trinajstić information content (AvgIpc) is 3.00. The van der Waals surface area contributed by atoms with Gasteiger partial charge in [-0.25, -0.2) is 0 Å². The number of nitrogens with one attached hydrogen (secondary N) is 1. The van der Waals surface area contributed by atoms with E-state index in [9.17, 15) is 39.6 Å². The first-order valence-electron chi connectivity index (χ1n) is 15.0. The number of fused-ring (bicyclic) bond motifs is 3. The van der Waals surface area contributed by atoms with E-state index in [1.54, 1.807) is 12.1 Å². The van der Waals surface area contributed by atoms with Crippen LogP contribution in [0.25, 0.3) is 16.9 Å². The number of Topliss-reactive ketones (excluding diaryl/α,β-unsaturated/α-hetero) is 2. The smallest absolute Gasteiger partial charge is 0.322 e. The molecule has 0 aromatic heterocycles. The van der Waals surface area contributed by atoms with Crippen LogP contribution in [0.2, 0.25) is 0 Å². The lowest BCUT2D eigenvalue weighted by atomic mass is 9.59. The van der Waals surface area contributed by atoms with E-state index < -0.39 is 64.5 Å². The van der Waals surface area contributed by atoms with Crippen molar-refractivity contribution >= 4 is 29.2 Å². The fraction of sp³-hybridized carbons (Fsp3) is 0.412. The number of rotatable bonds is 9. The second kappa shape index (κ2) is 12.3. The number of phenolic OH excluding ortho intramolecular Hbond substituents is 1. The van der Waals surface area contributed by atoms with Crippen molar-refractivity contribution in [2.75, 3.05) is 14.2 Å². The van der Waals surface area contributed by atoms with Crippen molar-refractivity contribution in [1.29, 1.82) is 0 Å². The highest BCUT2D eigenvalue weighted by Crippen LogP contribution is 2.53. The quantitative estimate of drug-likeness (QED) is 0.175. The Balaban J connectivity index is 1.58. The number of esters is 1. The Hall–Kier alpha value is -4.68. The number of aliphatic hydroxyl groups excluding tert-OH is 2. The van der Waals surface area contributed by atoms with Gasteiger partial charge in [0.2, 0.25) is 5.78 Å². The largest absolute Gasteiger partial charge is 0.508 e. The van der Waals surface area contributed by atoms with Crippen LogP contribution in [0.3, 0.4) is 0 Å². The van der Waals surface area contributed by atoms with E-state index in [1.165, 1.54) is 20.3 Å². The molecule has 5 rings (SSSR count). The summed E-state index contributed by atoms with van der Waals surface area (Å²) < 4.78 is 10.6. The number of amides is 1. The van der Waals surface area contributed by atoms with Crippen LogP contribution in [0.15, 0.2) is 47.2 Å². The molecule has 0 saturated heterocycles. The number of carbonyl (C=O) groups is 4. The second-order valence-electron chi connectivity index (χ2n) is 12.5. The summed E-state index contributed by atoms with van der Waals surface area (Å²) in [5.41, 5.74) is 4.13. The fourth-order valence-electron chi connectivity index (χ4n) is 7.07. The molecule has 2 aromatic rings. The number of aliphatic hydroxyl groups is 3. The summed E-state index contributed by atoms with van der Waals surface area (Å²) in [6.07, 6.45) is 0.335. The average molecular weight is 635 g/mol. The fourth-order valence-corrected chi connectivity index (χ4v) is 7.07. The van der Waals surface area contributed by atoms with E-state index in [0.29, 0.717) is 35.4 Å². The van der Waals surface area contributed by atoms with Crippen LogP contribution in [0, 0.1) is 17.8 Å². The molecule has 7 N–H and O–H groups in total. The maximum atomic E-state index is 13.8. The SMILES string of the molecule is COC(=O)C(CC(C)C)NCc1ccc(OC)c(-c2ccc(O)c3c2C[C@H]2C[C@H]4CC(=O)C(C(N)=O)=C(O)[C@@]4(O)C(=O)C2=C3O)c1. The number of ketones is 2. The molecule has 0 bridgehead atoms. The molecule has 0 spiro atoms. The third-order valence-electron chi connectivity index (χ3n) is 9.25. The minimum absolute atomic E-state index is 0.0158. The van der Waals surface area contributed by atoms with Gasteiger partial charge in [-0.15, -0.1) is 0 Å². The summed E-state index contributed by atoms with van der Waals surface area (Å²) in [4.78, 5) is 50.8. The molecule has 2 aromatic carbocycles.